The molecule has 0 heterocycles. The Morgan fingerprint density at radius 3 is 1.76 bits per heavy atom. The molecule has 0 aliphatic rings. The summed E-state index contributed by atoms with van der Waals surface area (Å²) in [5, 5.41) is 25.0. The van der Waals surface area contributed by atoms with Crippen LogP contribution in [-0.4, -0.2) is 33.3 Å². The van der Waals surface area contributed by atoms with Gasteiger partial charge >= 0.3 is 33.0 Å². The summed E-state index contributed by atoms with van der Waals surface area (Å²) in [7, 11) is 0. The molecule has 0 rings (SSSR count). The fraction of sp³-hybridized carbons (Fsp3) is 0.444. The van der Waals surface area contributed by atoms with Crippen LogP contribution < -0.4 is 5.48 Å². The number of carbonyl (C=O) groups is 3. The van der Waals surface area contributed by atoms with E-state index in [0.29, 0.717) is 0 Å². The van der Waals surface area contributed by atoms with Crippen molar-refractivity contribution in [1.82, 2.24) is 5.48 Å². The Hall–Kier alpha value is -0.942. The number of nitrogens with one attached hydrogen (secondary N) is 1. The number of hydrogen-bond donors (Lipinski definition) is 4. The molecule has 0 bridgehead atoms. The van der Waals surface area contributed by atoms with E-state index < -0.39 is 23.8 Å². The summed E-state index contributed by atoms with van der Waals surface area (Å²) < 4.78 is 0. The standard InChI is InChI=1S/C7H11NO6.2CH3.Pt/c9-5(8-14)3-1-2-4(6(10)11)7(12)13;;;/h4,14H,1-3H2,(H,8,9)(H,10,11)(H,12,13);2*1H3;/q;2*-1;+2. The summed E-state index contributed by atoms with van der Waals surface area (Å²) in [5.74, 6) is -5.02. The van der Waals surface area contributed by atoms with Gasteiger partial charge in [-0.15, -0.1) is 0 Å². The quantitative estimate of drug-likeness (QED) is 0.209. The summed E-state index contributed by atoms with van der Waals surface area (Å²) in [6, 6.07) is 0. The Morgan fingerprint density at radius 1 is 1.06 bits per heavy atom. The first kappa shape index (κ1) is 25.0. The van der Waals surface area contributed by atoms with E-state index >= 15 is 0 Å². The van der Waals surface area contributed by atoms with Crippen LogP contribution in [0.5, 0.6) is 0 Å². The molecular weight excluding hydrogens is 413 g/mol. The summed E-state index contributed by atoms with van der Waals surface area (Å²) >= 11 is 0. The smallest absolute Gasteiger partial charge is 0.481 e. The Labute approximate surface area is 114 Å². The van der Waals surface area contributed by atoms with Gasteiger partial charge in [-0.3, -0.25) is 19.6 Å². The van der Waals surface area contributed by atoms with Gasteiger partial charge in [0.1, 0.15) is 0 Å². The zero-order valence-electron chi connectivity index (χ0n) is 9.58. The number of rotatable bonds is 6. The van der Waals surface area contributed by atoms with E-state index in [0.717, 1.165) is 0 Å². The van der Waals surface area contributed by atoms with Crippen molar-refractivity contribution in [3.8, 4) is 0 Å². The van der Waals surface area contributed by atoms with Gasteiger partial charge in [0, 0.05) is 6.42 Å². The monoisotopic (exact) mass is 430 g/mol. The topological polar surface area (TPSA) is 124 Å². The average molecular weight is 430 g/mol. The number of hydrogen-bond acceptors (Lipinski definition) is 4. The SMILES string of the molecule is O=C(CCCC(C(=O)O)C(=O)O)NO.[CH3-].[CH3-].[Pt+2]. The van der Waals surface area contributed by atoms with Gasteiger partial charge in [0.05, 0.1) is 0 Å². The van der Waals surface area contributed by atoms with Crippen LogP contribution in [0.25, 0.3) is 0 Å². The van der Waals surface area contributed by atoms with Crippen LogP contribution >= 0.6 is 0 Å². The second-order valence-corrected chi connectivity index (χ2v) is 2.66. The molecule has 0 atom stereocenters. The molecule has 0 radical (unpaired) electrons. The molecule has 0 fully saturated rings. The second kappa shape index (κ2) is 13.1. The average Bonchev–Trinajstić information content (AvgIpc) is 2.10. The Balaban J connectivity index is -0.000000282. The maximum Gasteiger partial charge on any atom is 2.00 e. The third-order valence-electron chi connectivity index (χ3n) is 1.62. The molecule has 0 aromatic rings. The van der Waals surface area contributed by atoms with Gasteiger partial charge in [0.2, 0.25) is 5.91 Å². The van der Waals surface area contributed by atoms with Crippen LogP contribution in [0.4, 0.5) is 0 Å². The van der Waals surface area contributed by atoms with Gasteiger partial charge in [-0.2, -0.15) is 0 Å². The van der Waals surface area contributed by atoms with Gasteiger partial charge in [-0.05, 0) is 12.8 Å². The minimum Gasteiger partial charge on any atom is -0.481 e. The van der Waals surface area contributed by atoms with Crippen molar-refractivity contribution in [2.75, 3.05) is 0 Å². The van der Waals surface area contributed by atoms with Gasteiger partial charge < -0.3 is 25.1 Å². The van der Waals surface area contributed by atoms with Crippen molar-refractivity contribution >= 4 is 17.8 Å². The van der Waals surface area contributed by atoms with E-state index in [1.807, 2.05) is 0 Å². The van der Waals surface area contributed by atoms with E-state index in [9.17, 15) is 14.4 Å². The summed E-state index contributed by atoms with van der Waals surface area (Å²) in [6.07, 6.45) is -0.151. The third-order valence-corrected chi connectivity index (χ3v) is 1.62. The molecule has 0 aliphatic carbocycles. The molecule has 17 heavy (non-hydrogen) atoms. The molecular formula is C9H17NO6Pt. The number of carboxylic acid groups (broad SMARTS) is 2. The minimum atomic E-state index is -1.50. The normalized spacial score (nSPS) is 8.12. The molecule has 8 heteroatoms. The molecule has 0 aromatic heterocycles. The van der Waals surface area contributed by atoms with Crippen molar-refractivity contribution in [1.29, 1.82) is 0 Å². The number of carbonyl (C=O) groups excluding carboxylic acids is 1. The van der Waals surface area contributed by atoms with Crippen molar-refractivity contribution in [3.63, 3.8) is 0 Å². The Morgan fingerprint density at radius 2 is 1.47 bits per heavy atom. The molecule has 0 spiro atoms. The zero-order valence-corrected chi connectivity index (χ0v) is 11.9. The molecule has 0 saturated heterocycles. The Bertz CT molecular complexity index is 232. The van der Waals surface area contributed by atoms with Gasteiger partial charge in [0.15, 0.2) is 5.92 Å². The first-order chi connectivity index (χ1) is 6.49. The summed E-state index contributed by atoms with van der Waals surface area (Å²) in [4.78, 5) is 31.2. The van der Waals surface area contributed by atoms with Crippen LogP contribution in [0.3, 0.4) is 0 Å². The molecule has 1 amide bonds. The van der Waals surface area contributed by atoms with Crippen LogP contribution in [0.1, 0.15) is 19.3 Å². The summed E-state index contributed by atoms with van der Waals surface area (Å²) in [6.45, 7) is 0. The first-order valence-electron chi connectivity index (χ1n) is 3.87. The molecule has 0 aliphatic heterocycles. The fourth-order valence-corrected chi connectivity index (χ4v) is 0.875. The number of aliphatic carboxylic acids is 2. The minimum absolute atomic E-state index is 0. The molecule has 0 aromatic carbocycles. The number of amides is 1. The van der Waals surface area contributed by atoms with Gasteiger partial charge in [-0.25, -0.2) is 5.48 Å². The van der Waals surface area contributed by atoms with Crippen molar-refractivity contribution < 1.29 is 50.9 Å². The van der Waals surface area contributed by atoms with Crippen LogP contribution in [-0.2, 0) is 35.4 Å². The van der Waals surface area contributed by atoms with Gasteiger partial charge in [0.25, 0.3) is 0 Å². The maximum absolute atomic E-state index is 10.5. The third kappa shape index (κ3) is 11.3. The molecule has 4 N–H and O–H groups in total. The molecule has 0 saturated carbocycles. The van der Waals surface area contributed by atoms with Crippen molar-refractivity contribution in [2.45, 2.75) is 19.3 Å². The van der Waals surface area contributed by atoms with E-state index in [-0.39, 0.29) is 55.2 Å². The fourth-order valence-electron chi connectivity index (χ4n) is 0.875. The largest absolute Gasteiger partial charge is 2.00 e. The predicted octanol–water partition coefficient (Wildman–Crippen LogP) is 0.346. The van der Waals surface area contributed by atoms with Crippen molar-refractivity contribution in [2.24, 2.45) is 5.92 Å². The molecule has 0 unspecified atom stereocenters. The first-order valence-corrected chi connectivity index (χ1v) is 3.87. The van der Waals surface area contributed by atoms with E-state index in [1.165, 1.54) is 5.48 Å². The van der Waals surface area contributed by atoms with Crippen molar-refractivity contribution in [3.05, 3.63) is 14.9 Å². The van der Waals surface area contributed by atoms with Crippen LogP contribution in [0.15, 0.2) is 0 Å². The maximum atomic E-state index is 10.5. The van der Waals surface area contributed by atoms with Crippen LogP contribution in [0.2, 0.25) is 0 Å². The molecule has 7 nitrogen and oxygen atoms in total. The zero-order chi connectivity index (χ0) is 11.1. The number of hydroxylamine groups is 1. The van der Waals surface area contributed by atoms with E-state index in [1.54, 1.807) is 0 Å². The number of carboxylic acids is 2. The molecule has 104 valence electrons. The van der Waals surface area contributed by atoms with Crippen LogP contribution in [0, 0.1) is 20.8 Å². The second-order valence-electron chi connectivity index (χ2n) is 2.66. The van der Waals surface area contributed by atoms with Gasteiger partial charge in [-0.1, -0.05) is 0 Å². The van der Waals surface area contributed by atoms with E-state index in [2.05, 4.69) is 0 Å². The predicted molar refractivity (Wildman–Crippen MR) is 55.4 cm³/mol. The summed E-state index contributed by atoms with van der Waals surface area (Å²) in [5.41, 5.74) is 1.36. The van der Waals surface area contributed by atoms with E-state index in [4.69, 9.17) is 15.4 Å². The Kier molecular flexibility index (Phi) is 19.3.